The van der Waals surface area contributed by atoms with Crippen molar-refractivity contribution in [2.45, 2.75) is 0 Å². The average Bonchev–Trinajstić information content (AvgIpc) is 2.48. The highest BCUT2D eigenvalue weighted by atomic mass is 19.1. The van der Waals surface area contributed by atoms with E-state index in [1.807, 2.05) is 0 Å². The van der Waals surface area contributed by atoms with Crippen LogP contribution in [0.1, 0.15) is 0 Å². The van der Waals surface area contributed by atoms with Gasteiger partial charge in [0.05, 0.1) is 12.6 Å². The highest BCUT2D eigenvalue weighted by molar-refractivity contribution is 5.79. The van der Waals surface area contributed by atoms with Crippen LogP contribution in [0.5, 0.6) is 5.75 Å². The summed E-state index contributed by atoms with van der Waals surface area (Å²) in [5.74, 6) is -0.211. The maximum atomic E-state index is 13.2. The van der Waals surface area contributed by atoms with E-state index in [-0.39, 0.29) is 5.39 Å². The third kappa shape index (κ3) is 1.09. The van der Waals surface area contributed by atoms with Gasteiger partial charge < -0.3 is 4.74 Å². The standard InChI is InChI=1S/C8H7FN2O2/c1-13-4-2-5(9)7-6(3-4)10-11-8(7)12/h2-3H,1H3,(H2,10,11,12). The van der Waals surface area contributed by atoms with Crippen molar-refractivity contribution in [1.82, 2.24) is 10.2 Å². The molecule has 0 amide bonds. The van der Waals surface area contributed by atoms with Crippen LogP contribution in [-0.2, 0) is 0 Å². The van der Waals surface area contributed by atoms with Crippen molar-refractivity contribution in [1.29, 1.82) is 0 Å². The second-order valence-electron chi connectivity index (χ2n) is 2.61. The summed E-state index contributed by atoms with van der Waals surface area (Å²) in [6.45, 7) is 0. The Balaban J connectivity index is 2.87. The first kappa shape index (κ1) is 7.85. The molecule has 2 aromatic rings. The van der Waals surface area contributed by atoms with Crippen LogP contribution < -0.4 is 10.3 Å². The Bertz CT molecular complexity index is 500. The SMILES string of the molecule is COc1cc(F)c2c(=O)[nH][nH]c2c1. The van der Waals surface area contributed by atoms with Crippen molar-refractivity contribution >= 4 is 10.9 Å². The predicted molar refractivity (Wildman–Crippen MR) is 45.4 cm³/mol. The molecule has 0 unspecified atom stereocenters. The van der Waals surface area contributed by atoms with Gasteiger partial charge in [-0.15, -0.1) is 0 Å². The number of nitrogens with one attached hydrogen (secondary N) is 2. The van der Waals surface area contributed by atoms with Crippen LogP contribution in [0.25, 0.3) is 10.9 Å². The maximum absolute atomic E-state index is 13.2. The summed E-state index contributed by atoms with van der Waals surface area (Å²) >= 11 is 0. The first-order valence-corrected chi connectivity index (χ1v) is 3.66. The van der Waals surface area contributed by atoms with Crippen molar-refractivity contribution < 1.29 is 9.13 Å². The molecule has 1 aromatic carbocycles. The molecule has 13 heavy (non-hydrogen) atoms. The first-order valence-electron chi connectivity index (χ1n) is 3.66. The van der Waals surface area contributed by atoms with Crippen molar-refractivity contribution in [3.05, 3.63) is 28.3 Å². The van der Waals surface area contributed by atoms with Crippen LogP contribution in [0, 0.1) is 5.82 Å². The fraction of sp³-hybridized carbons (Fsp3) is 0.125. The van der Waals surface area contributed by atoms with Gasteiger partial charge in [0.2, 0.25) is 0 Å². The van der Waals surface area contributed by atoms with Crippen LogP contribution >= 0.6 is 0 Å². The lowest BCUT2D eigenvalue weighted by molar-refractivity contribution is 0.412. The van der Waals surface area contributed by atoms with Crippen LogP contribution in [-0.4, -0.2) is 17.3 Å². The largest absolute Gasteiger partial charge is 0.497 e. The Morgan fingerprint density at radius 1 is 1.38 bits per heavy atom. The lowest BCUT2D eigenvalue weighted by Crippen LogP contribution is -1.99. The Kier molecular flexibility index (Phi) is 1.58. The molecule has 0 aliphatic carbocycles. The van der Waals surface area contributed by atoms with E-state index in [1.165, 1.54) is 13.2 Å². The maximum Gasteiger partial charge on any atom is 0.274 e. The van der Waals surface area contributed by atoms with Crippen molar-refractivity contribution in [2.24, 2.45) is 0 Å². The molecule has 0 saturated heterocycles. The van der Waals surface area contributed by atoms with Gasteiger partial charge in [-0.25, -0.2) is 4.39 Å². The molecule has 1 aromatic heterocycles. The summed E-state index contributed by atoms with van der Waals surface area (Å²) in [5, 5.41) is 4.87. The first-order chi connectivity index (χ1) is 6.22. The van der Waals surface area contributed by atoms with Crippen LogP contribution in [0.15, 0.2) is 16.9 Å². The smallest absolute Gasteiger partial charge is 0.274 e. The molecule has 0 atom stereocenters. The molecule has 68 valence electrons. The number of ether oxygens (including phenoxy) is 1. The quantitative estimate of drug-likeness (QED) is 0.691. The van der Waals surface area contributed by atoms with E-state index < -0.39 is 11.4 Å². The Labute approximate surface area is 72.3 Å². The van der Waals surface area contributed by atoms with Gasteiger partial charge in [-0.1, -0.05) is 0 Å². The second kappa shape index (κ2) is 2.62. The predicted octanol–water partition coefficient (Wildman–Crippen LogP) is 1.00. The minimum absolute atomic E-state index is 0.0285. The summed E-state index contributed by atoms with van der Waals surface area (Å²) in [6, 6.07) is 2.72. The molecular weight excluding hydrogens is 175 g/mol. The average molecular weight is 182 g/mol. The number of H-pyrrole nitrogens is 2. The monoisotopic (exact) mass is 182 g/mol. The molecule has 0 bridgehead atoms. The third-order valence-electron chi connectivity index (χ3n) is 1.84. The lowest BCUT2D eigenvalue weighted by Gasteiger charge is -1.98. The van der Waals surface area contributed by atoms with E-state index in [2.05, 4.69) is 10.2 Å². The van der Waals surface area contributed by atoms with Gasteiger partial charge in [-0.3, -0.25) is 15.0 Å². The minimum atomic E-state index is -0.586. The van der Waals surface area contributed by atoms with Crippen molar-refractivity contribution in [3.63, 3.8) is 0 Å². The number of rotatable bonds is 1. The Hall–Kier alpha value is -1.78. The molecule has 0 aliphatic heterocycles. The molecule has 0 spiro atoms. The molecule has 2 rings (SSSR count). The summed E-state index contributed by atoms with van der Waals surface area (Å²) < 4.78 is 18.0. The molecule has 5 heteroatoms. The molecular formula is C8H7FN2O2. The van der Waals surface area contributed by atoms with Gasteiger partial charge in [0.25, 0.3) is 5.56 Å². The van der Waals surface area contributed by atoms with E-state index in [0.29, 0.717) is 11.3 Å². The van der Waals surface area contributed by atoms with Gasteiger partial charge in [0, 0.05) is 12.1 Å². The van der Waals surface area contributed by atoms with Crippen LogP contribution in [0.2, 0.25) is 0 Å². The number of hydrogen-bond donors (Lipinski definition) is 2. The zero-order valence-electron chi connectivity index (χ0n) is 6.85. The molecule has 0 fully saturated rings. The Morgan fingerprint density at radius 2 is 2.15 bits per heavy atom. The van der Waals surface area contributed by atoms with E-state index >= 15 is 0 Å². The second-order valence-corrected chi connectivity index (χ2v) is 2.61. The number of benzene rings is 1. The van der Waals surface area contributed by atoms with Gasteiger partial charge in [0.1, 0.15) is 17.0 Å². The van der Waals surface area contributed by atoms with Gasteiger partial charge in [0.15, 0.2) is 0 Å². The topological polar surface area (TPSA) is 57.9 Å². The van der Waals surface area contributed by atoms with Gasteiger partial charge in [-0.2, -0.15) is 0 Å². The van der Waals surface area contributed by atoms with E-state index in [4.69, 9.17) is 4.74 Å². The van der Waals surface area contributed by atoms with E-state index in [0.717, 1.165) is 0 Å². The van der Waals surface area contributed by atoms with Crippen LogP contribution in [0.3, 0.4) is 0 Å². The number of fused-ring (bicyclic) bond motifs is 1. The summed E-state index contributed by atoms with van der Waals surface area (Å²) in [4.78, 5) is 11.0. The summed E-state index contributed by atoms with van der Waals surface area (Å²) in [7, 11) is 1.44. The van der Waals surface area contributed by atoms with Gasteiger partial charge in [-0.05, 0) is 0 Å². The number of methoxy groups -OCH3 is 1. The number of hydrogen-bond acceptors (Lipinski definition) is 2. The normalized spacial score (nSPS) is 10.6. The number of aromatic amines is 2. The molecule has 2 N–H and O–H groups in total. The zero-order chi connectivity index (χ0) is 9.42. The molecule has 0 saturated carbocycles. The highest BCUT2D eigenvalue weighted by Crippen LogP contribution is 2.19. The fourth-order valence-corrected chi connectivity index (χ4v) is 1.22. The zero-order valence-corrected chi connectivity index (χ0v) is 6.85. The fourth-order valence-electron chi connectivity index (χ4n) is 1.22. The third-order valence-corrected chi connectivity index (χ3v) is 1.84. The lowest BCUT2D eigenvalue weighted by atomic mass is 10.2. The van der Waals surface area contributed by atoms with Crippen molar-refractivity contribution in [3.8, 4) is 5.75 Å². The number of aromatic nitrogens is 2. The van der Waals surface area contributed by atoms with Gasteiger partial charge >= 0.3 is 0 Å². The molecule has 1 heterocycles. The van der Waals surface area contributed by atoms with E-state index in [9.17, 15) is 9.18 Å². The highest BCUT2D eigenvalue weighted by Gasteiger charge is 2.08. The van der Waals surface area contributed by atoms with Crippen molar-refractivity contribution in [2.75, 3.05) is 7.11 Å². The van der Waals surface area contributed by atoms with Crippen LogP contribution in [0.4, 0.5) is 4.39 Å². The summed E-state index contributed by atoms with van der Waals surface area (Å²) in [6.07, 6.45) is 0. The van der Waals surface area contributed by atoms with E-state index in [1.54, 1.807) is 6.07 Å². The molecule has 0 aliphatic rings. The molecule has 0 radical (unpaired) electrons. The minimum Gasteiger partial charge on any atom is -0.497 e. The summed E-state index contributed by atoms with van der Waals surface area (Å²) in [5.41, 5.74) is -0.0583. The Morgan fingerprint density at radius 3 is 2.85 bits per heavy atom. The molecule has 4 nitrogen and oxygen atoms in total. The number of halogens is 1.